The first-order valence-electron chi connectivity index (χ1n) is 14.6. The van der Waals surface area contributed by atoms with Crippen LogP contribution in [0.3, 0.4) is 0 Å². The van der Waals surface area contributed by atoms with Crippen LogP contribution in [0.1, 0.15) is 63.1 Å². The zero-order chi connectivity index (χ0) is 29.9. The van der Waals surface area contributed by atoms with Gasteiger partial charge in [-0.3, -0.25) is 9.89 Å². The number of halogens is 4. The topological polar surface area (TPSA) is 113 Å². The average Bonchev–Trinajstić information content (AvgIpc) is 3.58. The van der Waals surface area contributed by atoms with Crippen LogP contribution < -0.4 is 5.73 Å². The van der Waals surface area contributed by atoms with Crippen molar-refractivity contribution >= 4 is 39.9 Å². The van der Waals surface area contributed by atoms with Gasteiger partial charge in [0.1, 0.15) is 23.9 Å². The Hall–Kier alpha value is -2.73. The lowest BCUT2D eigenvalue weighted by atomic mass is 9.75. The molecule has 3 aromatic rings. The molecule has 2 aromatic heterocycles. The first-order valence-corrected chi connectivity index (χ1v) is 14.9. The predicted molar refractivity (Wildman–Crippen MR) is 156 cm³/mol. The number of nitrogen functional groups attached to an aromatic ring is 1. The predicted octanol–water partition coefficient (Wildman–Crippen LogP) is 5.57. The smallest absolute Gasteiger partial charge is 0.390 e. The van der Waals surface area contributed by atoms with Crippen LogP contribution in [0.25, 0.3) is 11.0 Å². The van der Waals surface area contributed by atoms with E-state index in [1.807, 2.05) is 16.8 Å². The molecule has 0 saturated heterocycles. The Labute approximate surface area is 247 Å². The Kier molecular flexibility index (Phi) is 7.74. The molecule has 3 aliphatic rings. The van der Waals surface area contributed by atoms with E-state index in [9.17, 15) is 23.4 Å². The van der Waals surface area contributed by atoms with Gasteiger partial charge in [0, 0.05) is 42.9 Å². The minimum absolute atomic E-state index is 0.0946. The number of nitrogens with zero attached hydrogens (tertiary/aromatic N) is 5. The zero-order valence-corrected chi connectivity index (χ0v) is 24.4. The average molecular weight is 605 g/mol. The first kappa shape index (κ1) is 29.3. The third kappa shape index (κ3) is 5.40. The SMILES string of the molecule is CC(C)N(C[C@H]1C[C@@H](n2ccc3c(N)ncnc32)[C@H](O)[C@@H]1O)C1CC(CCC2=Nc3cc(C(F)(F)F)c(Cl)cc3C2)C1. The van der Waals surface area contributed by atoms with E-state index < -0.39 is 23.9 Å². The van der Waals surface area contributed by atoms with Gasteiger partial charge in [0.15, 0.2) is 0 Å². The Morgan fingerprint density at radius 1 is 1.14 bits per heavy atom. The van der Waals surface area contributed by atoms with Crippen molar-refractivity contribution < 1.29 is 23.4 Å². The van der Waals surface area contributed by atoms with Crippen molar-refractivity contribution in [2.24, 2.45) is 16.8 Å². The molecule has 2 saturated carbocycles. The van der Waals surface area contributed by atoms with E-state index in [0.717, 1.165) is 48.4 Å². The fourth-order valence-electron chi connectivity index (χ4n) is 7.08. The lowest BCUT2D eigenvalue weighted by Gasteiger charge is -2.46. The molecule has 3 heterocycles. The molecule has 4 atom stereocenters. The molecule has 2 fully saturated rings. The maximum atomic E-state index is 13.2. The van der Waals surface area contributed by atoms with Crippen LogP contribution >= 0.6 is 11.6 Å². The number of rotatable bonds is 8. The molecule has 0 spiro atoms. The van der Waals surface area contributed by atoms with Crippen molar-refractivity contribution in [3.05, 3.63) is 46.9 Å². The van der Waals surface area contributed by atoms with E-state index in [1.165, 1.54) is 12.4 Å². The van der Waals surface area contributed by atoms with Crippen LogP contribution in [-0.2, 0) is 12.6 Å². The highest BCUT2D eigenvalue weighted by molar-refractivity contribution is 6.31. The highest BCUT2D eigenvalue weighted by Gasteiger charge is 2.45. The van der Waals surface area contributed by atoms with Gasteiger partial charge >= 0.3 is 6.18 Å². The van der Waals surface area contributed by atoms with Crippen LogP contribution in [0.5, 0.6) is 0 Å². The molecule has 4 N–H and O–H groups in total. The van der Waals surface area contributed by atoms with Crippen molar-refractivity contribution in [3.8, 4) is 0 Å². The number of aliphatic imine (C=N–C) groups is 1. The van der Waals surface area contributed by atoms with Crippen LogP contribution in [0.15, 0.2) is 35.7 Å². The molecule has 8 nitrogen and oxygen atoms in total. The van der Waals surface area contributed by atoms with Gasteiger partial charge in [-0.25, -0.2) is 9.97 Å². The number of benzene rings is 1. The molecular weight excluding hydrogens is 569 g/mol. The van der Waals surface area contributed by atoms with E-state index in [4.69, 9.17) is 17.3 Å². The minimum atomic E-state index is -4.50. The van der Waals surface area contributed by atoms with E-state index in [2.05, 4.69) is 33.7 Å². The van der Waals surface area contributed by atoms with Gasteiger partial charge in [0.25, 0.3) is 0 Å². The third-order valence-electron chi connectivity index (χ3n) is 9.45. The van der Waals surface area contributed by atoms with Crippen molar-refractivity contribution in [1.82, 2.24) is 19.4 Å². The zero-order valence-electron chi connectivity index (χ0n) is 23.6. The molecule has 12 heteroatoms. The molecule has 0 unspecified atom stereocenters. The number of aliphatic hydroxyl groups excluding tert-OH is 2. The van der Waals surface area contributed by atoms with Crippen molar-refractivity contribution in [1.29, 1.82) is 0 Å². The molecule has 0 amide bonds. The lowest BCUT2D eigenvalue weighted by Crippen LogP contribution is -2.51. The number of anilines is 1. The molecule has 2 aliphatic carbocycles. The van der Waals surface area contributed by atoms with Gasteiger partial charge in [-0.1, -0.05) is 11.6 Å². The molecule has 1 aromatic carbocycles. The van der Waals surface area contributed by atoms with Gasteiger partial charge in [0.2, 0.25) is 0 Å². The second kappa shape index (κ2) is 11.1. The maximum absolute atomic E-state index is 13.2. The number of hydrogen-bond acceptors (Lipinski definition) is 7. The number of fused-ring (bicyclic) bond motifs is 2. The fourth-order valence-corrected chi connectivity index (χ4v) is 7.38. The van der Waals surface area contributed by atoms with Gasteiger partial charge in [-0.05, 0) is 75.6 Å². The summed E-state index contributed by atoms with van der Waals surface area (Å²) in [5, 5.41) is 22.5. The Morgan fingerprint density at radius 3 is 2.62 bits per heavy atom. The van der Waals surface area contributed by atoms with E-state index >= 15 is 0 Å². The monoisotopic (exact) mass is 604 g/mol. The van der Waals surface area contributed by atoms with E-state index in [-0.39, 0.29) is 23.0 Å². The quantitative estimate of drug-likeness (QED) is 0.310. The summed E-state index contributed by atoms with van der Waals surface area (Å²) in [4.78, 5) is 15.3. The molecule has 6 rings (SSSR count). The summed E-state index contributed by atoms with van der Waals surface area (Å²) in [6.45, 7) is 5.00. The Bertz CT molecular complexity index is 1500. The number of alkyl halides is 3. The highest BCUT2D eigenvalue weighted by atomic mass is 35.5. The molecule has 0 radical (unpaired) electrons. The van der Waals surface area contributed by atoms with Crippen molar-refractivity contribution in [3.63, 3.8) is 0 Å². The van der Waals surface area contributed by atoms with Crippen LogP contribution in [-0.4, -0.2) is 66.2 Å². The number of aliphatic hydroxyl groups is 2. The second-order valence-electron chi connectivity index (χ2n) is 12.4. The van der Waals surface area contributed by atoms with Crippen LogP contribution in [0, 0.1) is 11.8 Å². The normalized spacial score (nSPS) is 27.6. The summed E-state index contributed by atoms with van der Waals surface area (Å²) < 4.78 is 41.6. The summed E-state index contributed by atoms with van der Waals surface area (Å²) in [5.41, 5.74) is 7.84. The number of aromatic nitrogens is 3. The van der Waals surface area contributed by atoms with Crippen LogP contribution in [0.2, 0.25) is 5.02 Å². The lowest BCUT2D eigenvalue weighted by molar-refractivity contribution is -0.137. The van der Waals surface area contributed by atoms with Crippen LogP contribution in [0.4, 0.5) is 24.7 Å². The van der Waals surface area contributed by atoms with Gasteiger partial charge in [0.05, 0.1) is 33.8 Å². The third-order valence-corrected chi connectivity index (χ3v) is 9.76. The van der Waals surface area contributed by atoms with Gasteiger partial charge < -0.3 is 20.5 Å². The number of nitrogens with two attached hydrogens (primary N) is 1. The Morgan fingerprint density at radius 2 is 1.90 bits per heavy atom. The summed E-state index contributed by atoms with van der Waals surface area (Å²) in [7, 11) is 0. The molecule has 226 valence electrons. The van der Waals surface area contributed by atoms with E-state index in [0.29, 0.717) is 48.5 Å². The Balaban J connectivity index is 1.04. The van der Waals surface area contributed by atoms with E-state index in [1.54, 1.807) is 0 Å². The molecule has 42 heavy (non-hydrogen) atoms. The summed E-state index contributed by atoms with van der Waals surface area (Å²) in [6.07, 6.45) is 1.90. The summed E-state index contributed by atoms with van der Waals surface area (Å²) in [5.74, 6) is 0.807. The number of hydrogen-bond donors (Lipinski definition) is 3. The molecule has 0 bridgehead atoms. The summed E-state index contributed by atoms with van der Waals surface area (Å²) >= 11 is 5.90. The highest BCUT2D eigenvalue weighted by Crippen LogP contribution is 2.43. The largest absolute Gasteiger partial charge is 0.417 e. The van der Waals surface area contributed by atoms with Crippen molar-refractivity contribution in [2.75, 3.05) is 12.3 Å². The maximum Gasteiger partial charge on any atom is 0.417 e. The second-order valence-corrected chi connectivity index (χ2v) is 12.8. The summed E-state index contributed by atoms with van der Waals surface area (Å²) in [6, 6.07) is 4.66. The fraction of sp³-hybridized carbons (Fsp3) is 0.567. The van der Waals surface area contributed by atoms with Gasteiger partial charge in [-0.15, -0.1) is 0 Å². The minimum Gasteiger partial charge on any atom is -0.390 e. The van der Waals surface area contributed by atoms with Crippen molar-refractivity contribution in [2.45, 2.75) is 88.9 Å². The standard InChI is InChI=1S/C30H36ClF3N6O2/c1-15(2)40(13-18-11-25(27(42)26(18)41)39-6-5-21-28(35)36-14-37-29(21)39)20-7-16(8-20)3-4-19-9-17-10-23(31)22(30(32,33)34)12-24(17)38-19/h5-6,10,12,14-16,18,20,25-27,41-42H,3-4,7-9,11,13H2,1-2H3,(H2,35,36,37)/t16?,18-,20?,25-,26-,27+/m1/s1. The molecular formula is C30H36ClF3N6O2. The first-order chi connectivity index (χ1) is 19.9. The van der Waals surface area contributed by atoms with Gasteiger partial charge in [-0.2, -0.15) is 13.2 Å². The molecule has 1 aliphatic heterocycles.